The van der Waals surface area contributed by atoms with Gasteiger partial charge < -0.3 is 0 Å². The Labute approximate surface area is 88.8 Å². The highest BCUT2D eigenvalue weighted by Gasteiger charge is 2.24. The van der Waals surface area contributed by atoms with E-state index in [9.17, 15) is 0 Å². The molecule has 0 saturated heterocycles. The van der Waals surface area contributed by atoms with E-state index in [-0.39, 0.29) is 0 Å². The SMILES string of the molecule is Cc1cccc(-c2ccn(C3CC3)n2)n1. The largest absolute Gasteiger partial charge is 0.269 e. The maximum Gasteiger partial charge on any atom is 0.111 e. The standard InChI is InChI=1S/C12H13N3/c1-9-3-2-4-11(13-9)12-7-8-15(14-12)10-5-6-10/h2-4,7-8,10H,5-6H2,1H3. The monoisotopic (exact) mass is 199 g/mol. The Morgan fingerprint density at radius 2 is 2.07 bits per heavy atom. The van der Waals surface area contributed by atoms with E-state index in [0.29, 0.717) is 6.04 Å². The van der Waals surface area contributed by atoms with Gasteiger partial charge >= 0.3 is 0 Å². The second-order valence-electron chi connectivity index (χ2n) is 4.08. The van der Waals surface area contributed by atoms with Gasteiger partial charge in [-0.2, -0.15) is 5.10 Å². The molecular weight excluding hydrogens is 186 g/mol. The van der Waals surface area contributed by atoms with Crippen LogP contribution in [-0.4, -0.2) is 14.8 Å². The maximum absolute atomic E-state index is 4.54. The Morgan fingerprint density at radius 3 is 2.80 bits per heavy atom. The second-order valence-corrected chi connectivity index (χ2v) is 4.08. The summed E-state index contributed by atoms with van der Waals surface area (Å²) >= 11 is 0. The van der Waals surface area contributed by atoms with Crippen molar-refractivity contribution in [2.75, 3.05) is 0 Å². The number of nitrogens with zero attached hydrogens (tertiary/aromatic N) is 3. The van der Waals surface area contributed by atoms with Crippen LogP contribution in [0, 0.1) is 6.92 Å². The average molecular weight is 199 g/mol. The predicted octanol–water partition coefficient (Wildman–Crippen LogP) is 2.59. The Bertz CT molecular complexity index is 483. The summed E-state index contributed by atoms with van der Waals surface area (Å²) < 4.78 is 2.05. The zero-order valence-electron chi connectivity index (χ0n) is 8.72. The van der Waals surface area contributed by atoms with Crippen molar-refractivity contribution in [3.05, 3.63) is 36.2 Å². The fourth-order valence-electron chi connectivity index (χ4n) is 1.70. The third-order valence-electron chi connectivity index (χ3n) is 2.68. The van der Waals surface area contributed by atoms with Gasteiger partial charge in [0.15, 0.2) is 0 Å². The Balaban J connectivity index is 1.97. The molecule has 0 radical (unpaired) electrons. The fraction of sp³-hybridized carbons (Fsp3) is 0.333. The van der Waals surface area contributed by atoms with Crippen molar-refractivity contribution in [2.45, 2.75) is 25.8 Å². The van der Waals surface area contributed by atoms with Crippen molar-refractivity contribution in [3.63, 3.8) is 0 Å². The lowest BCUT2D eigenvalue weighted by Gasteiger charge is -1.98. The van der Waals surface area contributed by atoms with Gasteiger partial charge in [0, 0.05) is 11.9 Å². The van der Waals surface area contributed by atoms with Gasteiger partial charge in [0.2, 0.25) is 0 Å². The van der Waals surface area contributed by atoms with E-state index < -0.39 is 0 Å². The lowest BCUT2D eigenvalue weighted by Crippen LogP contribution is -1.94. The summed E-state index contributed by atoms with van der Waals surface area (Å²) in [6, 6.07) is 8.71. The molecule has 0 bridgehead atoms. The molecule has 1 fully saturated rings. The molecule has 0 N–H and O–H groups in total. The number of aryl methyl sites for hydroxylation is 1. The van der Waals surface area contributed by atoms with E-state index in [2.05, 4.69) is 21.0 Å². The Kier molecular flexibility index (Phi) is 1.84. The molecule has 1 aliphatic carbocycles. The molecule has 3 heteroatoms. The summed E-state index contributed by atoms with van der Waals surface area (Å²) in [5, 5.41) is 4.54. The molecule has 1 saturated carbocycles. The second kappa shape index (κ2) is 3.19. The Hall–Kier alpha value is -1.64. The first-order valence-electron chi connectivity index (χ1n) is 5.32. The van der Waals surface area contributed by atoms with Crippen molar-refractivity contribution >= 4 is 0 Å². The van der Waals surface area contributed by atoms with Crippen molar-refractivity contribution in [3.8, 4) is 11.4 Å². The summed E-state index contributed by atoms with van der Waals surface area (Å²) in [6.07, 6.45) is 4.59. The number of hydrogen-bond acceptors (Lipinski definition) is 2. The van der Waals surface area contributed by atoms with Crippen molar-refractivity contribution < 1.29 is 0 Å². The van der Waals surface area contributed by atoms with E-state index in [0.717, 1.165) is 17.1 Å². The van der Waals surface area contributed by atoms with Crippen LogP contribution < -0.4 is 0 Å². The molecule has 3 nitrogen and oxygen atoms in total. The molecule has 0 aliphatic heterocycles. The first-order valence-corrected chi connectivity index (χ1v) is 5.32. The van der Waals surface area contributed by atoms with E-state index in [1.54, 1.807) is 0 Å². The van der Waals surface area contributed by atoms with Crippen molar-refractivity contribution in [1.29, 1.82) is 0 Å². The molecule has 0 atom stereocenters. The van der Waals surface area contributed by atoms with Crippen LogP contribution in [0.4, 0.5) is 0 Å². The minimum Gasteiger partial charge on any atom is -0.269 e. The zero-order chi connectivity index (χ0) is 10.3. The predicted molar refractivity (Wildman–Crippen MR) is 58.5 cm³/mol. The van der Waals surface area contributed by atoms with Crippen LogP contribution in [0.2, 0.25) is 0 Å². The van der Waals surface area contributed by atoms with Crippen LogP contribution in [0.1, 0.15) is 24.6 Å². The van der Waals surface area contributed by atoms with Crippen LogP contribution in [0.3, 0.4) is 0 Å². The third kappa shape index (κ3) is 1.65. The quantitative estimate of drug-likeness (QED) is 0.744. The zero-order valence-corrected chi connectivity index (χ0v) is 8.72. The summed E-state index contributed by atoms with van der Waals surface area (Å²) in [5.74, 6) is 0. The van der Waals surface area contributed by atoms with E-state index in [1.165, 1.54) is 12.8 Å². The first-order chi connectivity index (χ1) is 7.33. The molecule has 0 aromatic carbocycles. The number of aromatic nitrogens is 3. The third-order valence-corrected chi connectivity index (χ3v) is 2.68. The molecule has 1 aliphatic rings. The van der Waals surface area contributed by atoms with Crippen LogP contribution in [-0.2, 0) is 0 Å². The topological polar surface area (TPSA) is 30.7 Å². The molecular formula is C12H13N3. The Morgan fingerprint density at radius 1 is 1.20 bits per heavy atom. The molecule has 0 spiro atoms. The van der Waals surface area contributed by atoms with Gasteiger partial charge in [0.25, 0.3) is 0 Å². The lowest BCUT2D eigenvalue weighted by atomic mass is 10.2. The highest BCUT2D eigenvalue weighted by molar-refractivity contribution is 5.53. The molecule has 2 heterocycles. The molecule has 76 valence electrons. The van der Waals surface area contributed by atoms with Gasteiger partial charge in [-0.1, -0.05) is 6.07 Å². The number of pyridine rings is 1. The fourth-order valence-corrected chi connectivity index (χ4v) is 1.70. The van der Waals surface area contributed by atoms with E-state index in [1.807, 2.05) is 31.2 Å². The summed E-state index contributed by atoms with van der Waals surface area (Å²) in [5.41, 5.74) is 2.98. The normalized spacial score (nSPS) is 15.5. The lowest BCUT2D eigenvalue weighted by molar-refractivity contribution is 0.643. The van der Waals surface area contributed by atoms with E-state index in [4.69, 9.17) is 0 Å². The summed E-state index contributed by atoms with van der Waals surface area (Å²) in [6.45, 7) is 2.00. The summed E-state index contributed by atoms with van der Waals surface area (Å²) in [4.78, 5) is 4.46. The van der Waals surface area contributed by atoms with Crippen LogP contribution in [0.25, 0.3) is 11.4 Å². The number of rotatable bonds is 2. The van der Waals surface area contributed by atoms with Crippen LogP contribution in [0.15, 0.2) is 30.5 Å². The first kappa shape index (κ1) is 8.65. The molecule has 0 amide bonds. The van der Waals surface area contributed by atoms with Gasteiger partial charge in [-0.15, -0.1) is 0 Å². The van der Waals surface area contributed by atoms with Crippen LogP contribution >= 0.6 is 0 Å². The van der Waals surface area contributed by atoms with Gasteiger partial charge in [0.1, 0.15) is 5.69 Å². The minimum absolute atomic E-state index is 0.642. The molecule has 2 aromatic rings. The minimum atomic E-state index is 0.642. The van der Waals surface area contributed by atoms with Gasteiger partial charge in [-0.25, -0.2) is 0 Å². The average Bonchev–Trinajstić information content (AvgIpc) is 2.97. The van der Waals surface area contributed by atoms with E-state index >= 15 is 0 Å². The van der Waals surface area contributed by atoms with Crippen molar-refractivity contribution in [2.24, 2.45) is 0 Å². The molecule has 3 rings (SSSR count). The van der Waals surface area contributed by atoms with Gasteiger partial charge in [-0.3, -0.25) is 9.67 Å². The van der Waals surface area contributed by atoms with Gasteiger partial charge in [-0.05, 0) is 38.0 Å². The molecule has 15 heavy (non-hydrogen) atoms. The maximum atomic E-state index is 4.54. The van der Waals surface area contributed by atoms with Crippen LogP contribution in [0.5, 0.6) is 0 Å². The summed E-state index contributed by atoms with van der Waals surface area (Å²) in [7, 11) is 0. The van der Waals surface area contributed by atoms with Crippen molar-refractivity contribution in [1.82, 2.24) is 14.8 Å². The molecule has 2 aromatic heterocycles. The smallest absolute Gasteiger partial charge is 0.111 e. The highest BCUT2D eigenvalue weighted by Crippen LogP contribution is 2.34. The number of hydrogen-bond donors (Lipinski definition) is 0. The van der Waals surface area contributed by atoms with Gasteiger partial charge in [0.05, 0.1) is 11.7 Å². The molecule has 0 unspecified atom stereocenters. The highest BCUT2D eigenvalue weighted by atomic mass is 15.3.